The maximum Gasteiger partial charge on any atom is 0.449 e. The summed E-state index contributed by atoms with van der Waals surface area (Å²) in [4.78, 5) is 0.674. The molecule has 0 amide bonds. The zero-order valence-electron chi connectivity index (χ0n) is 19.0. The molecule has 0 spiro atoms. The van der Waals surface area contributed by atoms with Crippen LogP contribution < -0.4 is 4.72 Å². The minimum Gasteiger partial charge on any atom is -0.320 e. The first-order valence-corrected chi connectivity index (χ1v) is 11.9. The minimum absolute atomic E-state index is 0.00855. The van der Waals surface area contributed by atoms with Crippen molar-refractivity contribution in [3.63, 3.8) is 0 Å². The fourth-order valence-electron chi connectivity index (χ4n) is 3.15. The van der Waals surface area contributed by atoms with Gasteiger partial charge in [-0.1, -0.05) is 51.1 Å². The molecule has 0 fully saturated rings. The van der Waals surface area contributed by atoms with Gasteiger partial charge in [0.15, 0.2) is 0 Å². The van der Waals surface area contributed by atoms with Crippen LogP contribution in [0.4, 0.5) is 18.9 Å². The van der Waals surface area contributed by atoms with Crippen LogP contribution in [0.15, 0.2) is 53.9 Å². The lowest BCUT2D eigenvalue weighted by atomic mass is 9.87. The van der Waals surface area contributed by atoms with Crippen LogP contribution in [-0.2, 0) is 15.4 Å². The normalized spacial score (nSPS) is 12.5. The van der Waals surface area contributed by atoms with E-state index < -0.39 is 28.1 Å². The van der Waals surface area contributed by atoms with Gasteiger partial charge in [-0.05, 0) is 55.2 Å². The van der Waals surface area contributed by atoms with Crippen molar-refractivity contribution in [2.75, 3.05) is 4.72 Å². The molecule has 0 saturated heterocycles. The van der Waals surface area contributed by atoms with E-state index in [1.165, 1.54) is 44.2 Å². The average molecular weight is 502 g/mol. The van der Waals surface area contributed by atoms with Crippen LogP contribution in [0, 0.1) is 5.41 Å². The molecule has 180 valence electrons. The van der Waals surface area contributed by atoms with Crippen LogP contribution in [0.5, 0.6) is 0 Å². The zero-order chi connectivity index (χ0) is 25.4. The summed E-state index contributed by atoms with van der Waals surface area (Å²) in [6.45, 7) is 12.7. The van der Waals surface area contributed by atoms with Crippen molar-refractivity contribution in [2.24, 2.45) is 0 Å². The van der Waals surface area contributed by atoms with E-state index >= 15 is 0 Å². The van der Waals surface area contributed by atoms with E-state index in [0.29, 0.717) is 4.90 Å². The highest BCUT2D eigenvalue weighted by Crippen LogP contribution is 2.34. The Morgan fingerprint density at radius 2 is 1.64 bits per heavy atom. The molecule has 2 N–H and O–H groups in total. The fraction of sp³-hybridized carbons (Fsp3) is 0.348. The summed E-state index contributed by atoms with van der Waals surface area (Å²) in [5.41, 5.74) is 0.584. The number of rotatable bonds is 6. The molecule has 0 saturated carbocycles. The second kappa shape index (κ2) is 9.38. The number of nitrogens with one attached hydrogen (secondary N) is 2. The first-order chi connectivity index (χ1) is 14.9. The Kier molecular flexibility index (Phi) is 7.60. The minimum atomic E-state index is -4.92. The number of nitrogens with zero attached hydrogens (tertiary/aromatic N) is 1. The first kappa shape index (κ1) is 26.7. The molecule has 5 nitrogen and oxygen atoms in total. The molecule has 0 aliphatic carbocycles. The van der Waals surface area contributed by atoms with Crippen molar-refractivity contribution in [3.8, 4) is 0 Å². The molecule has 0 unspecified atom stereocenters. The van der Waals surface area contributed by atoms with Crippen molar-refractivity contribution in [1.29, 1.82) is 5.41 Å². The van der Waals surface area contributed by atoms with Crippen molar-refractivity contribution < 1.29 is 21.6 Å². The lowest BCUT2D eigenvalue weighted by Crippen LogP contribution is -2.43. The standard InChI is InChI=1S/C23H27ClF3N3O2S/c1-14(2)30(21(28)23(25,26)27)15(3)19-13-17(24)9-12-20(19)29-33(31,32)18-10-7-16(8-11-18)22(4,5)6/h7-14,28-29H,3H2,1-2,4-6H3. The second-order valence-electron chi connectivity index (χ2n) is 8.83. The predicted molar refractivity (Wildman–Crippen MR) is 127 cm³/mol. The largest absolute Gasteiger partial charge is 0.449 e. The molecule has 2 aromatic rings. The topological polar surface area (TPSA) is 73.3 Å². The molecular formula is C23H27ClF3N3O2S. The Morgan fingerprint density at radius 1 is 1.09 bits per heavy atom. The third kappa shape index (κ3) is 6.29. The van der Waals surface area contributed by atoms with Crippen LogP contribution in [0.2, 0.25) is 5.02 Å². The first-order valence-electron chi connectivity index (χ1n) is 10.0. The van der Waals surface area contributed by atoms with Gasteiger partial charge < -0.3 is 4.90 Å². The van der Waals surface area contributed by atoms with E-state index in [1.54, 1.807) is 12.1 Å². The molecule has 10 heteroatoms. The summed E-state index contributed by atoms with van der Waals surface area (Å²) in [7, 11) is -4.07. The molecule has 0 aromatic heterocycles. The Bertz CT molecular complexity index is 1150. The van der Waals surface area contributed by atoms with Gasteiger partial charge in [0.1, 0.15) is 0 Å². The Labute approximate surface area is 197 Å². The number of halogens is 4. The molecule has 0 heterocycles. The highest BCUT2D eigenvalue weighted by molar-refractivity contribution is 7.92. The molecule has 0 bridgehead atoms. The summed E-state index contributed by atoms with van der Waals surface area (Å²) in [5.74, 6) is -1.62. The summed E-state index contributed by atoms with van der Waals surface area (Å²) >= 11 is 6.05. The van der Waals surface area contributed by atoms with Gasteiger partial charge in [0.25, 0.3) is 10.0 Å². The monoisotopic (exact) mass is 501 g/mol. The van der Waals surface area contributed by atoms with Crippen LogP contribution in [0.3, 0.4) is 0 Å². The van der Waals surface area contributed by atoms with Crippen molar-refractivity contribution in [1.82, 2.24) is 4.90 Å². The van der Waals surface area contributed by atoms with E-state index in [2.05, 4.69) is 11.3 Å². The molecule has 0 aliphatic heterocycles. The molecule has 2 aromatic carbocycles. The highest BCUT2D eigenvalue weighted by Gasteiger charge is 2.41. The fourth-order valence-corrected chi connectivity index (χ4v) is 4.41. The van der Waals surface area contributed by atoms with E-state index in [4.69, 9.17) is 17.0 Å². The van der Waals surface area contributed by atoms with Gasteiger partial charge >= 0.3 is 6.18 Å². The number of hydrogen-bond donors (Lipinski definition) is 2. The number of sulfonamides is 1. The number of amidine groups is 1. The lowest BCUT2D eigenvalue weighted by molar-refractivity contribution is -0.0683. The van der Waals surface area contributed by atoms with Gasteiger partial charge in [-0.2, -0.15) is 13.2 Å². The van der Waals surface area contributed by atoms with Gasteiger partial charge in [-0.25, -0.2) is 8.42 Å². The number of hydrogen-bond acceptors (Lipinski definition) is 3. The molecule has 0 radical (unpaired) electrons. The summed E-state index contributed by atoms with van der Waals surface area (Å²) in [6.07, 6.45) is -4.92. The summed E-state index contributed by atoms with van der Waals surface area (Å²) in [6, 6.07) is 9.64. The average Bonchev–Trinajstić information content (AvgIpc) is 2.67. The van der Waals surface area contributed by atoms with Crippen molar-refractivity contribution in [2.45, 2.75) is 57.1 Å². The van der Waals surface area contributed by atoms with Crippen LogP contribution in [-0.4, -0.2) is 31.4 Å². The molecule has 0 aliphatic rings. The number of anilines is 1. The summed E-state index contributed by atoms with van der Waals surface area (Å²) in [5, 5.41) is 7.76. The smallest absolute Gasteiger partial charge is 0.320 e. The van der Waals surface area contributed by atoms with E-state index in [-0.39, 0.29) is 32.3 Å². The molecular weight excluding hydrogens is 475 g/mol. The quantitative estimate of drug-likeness (QED) is 0.343. The van der Waals surface area contributed by atoms with E-state index in [0.717, 1.165) is 5.56 Å². The third-order valence-electron chi connectivity index (χ3n) is 4.88. The highest BCUT2D eigenvalue weighted by atomic mass is 35.5. The van der Waals surface area contributed by atoms with Crippen LogP contribution in [0.25, 0.3) is 5.70 Å². The number of alkyl halides is 3. The zero-order valence-corrected chi connectivity index (χ0v) is 20.6. The predicted octanol–water partition coefficient (Wildman–Crippen LogP) is 6.66. The molecule has 33 heavy (non-hydrogen) atoms. The van der Waals surface area contributed by atoms with Gasteiger partial charge in [0.05, 0.1) is 10.6 Å². The van der Waals surface area contributed by atoms with Crippen molar-refractivity contribution >= 4 is 38.8 Å². The Hall–Kier alpha value is -2.52. The Morgan fingerprint density at radius 3 is 2.09 bits per heavy atom. The van der Waals surface area contributed by atoms with E-state index in [9.17, 15) is 21.6 Å². The van der Waals surface area contributed by atoms with E-state index in [1.807, 2.05) is 20.8 Å². The van der Waals surface area contributed by atoms with Crippen LogP contribution >= 0.6 is 11.6 Å². The third-order valence-corrected chi connectivity index (χ3v) is 6.50. The Balaban J connectivity index is 2.49. The molecule has 2 rings (SSSR count). The summed E-state index contributed by atoms with van der Waals surface area (Å²) < 4.78 is 68.3. The maximum absolute atomic E-state index is 13.3. The van der Waals surface area contributed by atoms with Gasteiger partial charge in [-0.15, -0.1) is 0 Å². The second-order valence-corrected chi connectivity index (χ2v) is 10.9. The van der Waals surface area contributed by atoms with Crippen molar-refractivity contribution in [3.05, 3.63) is 65.2 Å². The lowest BCUT2D eigenvalue weighted by Gasteiger charge is -2.32. The van der Waals surface area contributed by atoms with Crippen LogP contribution in [0.1, 0.15) is 45.7 Å². The number of benzene rings is 2. The molecule has 0 atom stereocenters. The maximum atomic E-state index is 13.3. The van der Waals surface area contributed by atoms with Gasteiger partial charge in [0.2, 0.25) is 5.84 Å². The van der Waals surface area contributed by atoms with Gasteiger partial charge in [-0.3, -0.25) is 10.1 Å². The SMILES string of the molecule is C=C(c1cc(Cl)ccc1NS(=O)(=O)c1ccc(C(C)(C)C)cc1)N(C(=N)C(F)(F)F)C(C)C. The van der Waals surface area contributed by atoms with Gasteiger partial charge in [0, 0.05) is 22.3 Å².